The van der Waals surface area contributed by atoms with Gasteiger partial charge in [-0.15, -0.1) is 0 Å². The van der Waals surface area contributed by atoms with Crippen molar-refractivity contribution in [3.05, 3.63) is 112 Å². The van der Waals surface area contributed by atoms with E-state index in [2.05, 4.69) is 41.0 Å². The third-order valence-corrected chi connectivity index (χ3v) is 7.39. The van der Waals surface area contributed by atoms with Crippen molar-refractivity contribution < 1.29 is 9.59 Å². The van der Waals surface area contributed by atoms with Crippen LogP contribution in [0.25, 0.3) is 22.9 Å². The highest BCUT2D eigenvalue weighted by Crippen LogP contribution is 2.30. The molecule has 0 aliphatic carbocycles. The lowest BCUT2D eigenvalue weighted by atomic mass is 10.1. The van der Waals surface area contributed by atoms with Gasteiger partial charge in [-0.3, -0.25) is 19.4 Å². The number of nitrogens with zero attached hydrogens (tertiary/aromatic N) is 3. The first-order valence-corrected chi connectivity index (χ1v) is 13.1. The van der Waals surface area contributed by atoms with Gasteiger partial charge in [0, 0.05) is 28.6 Å². The lowest BCUT2D eigenvalue weighted by Crippen LogP contribution is -2.56. The molecule has 3 aromatic carbocycles. The first kappa shape index (κ1) is 25.6. The number of halogens is 1. The zero-order valence-corrected chi connectivity index (χ0v) is 22.9. The predicted octanol–water partition coefficient (Wildman–Crippen LogP) is 6.98. The van der Waals surface area contributed by atoms with Crippen LogP contribution < -0.4 is 4.90 Å². The first-order valence-electron chi connectivity index (χ1n) is 12.3. The van der Waals surface area contributed by atoms with Gasteiger partial charge in [-0.05, 0) is 98.2 Å². The van der Waals surface area contributed by atoms with Gasteiger partial charge in [-0.2, -0.15) is 0 Å². The van der Waals surface area contributed by atoms with Crippen molar-refractivity contribution in [3.63, 3.8) is 0 Å². The summed E-state index contributed by atoms with van der Waals surface area (Å²) in [7, 11) is 0. The van der Waals surface area contributed by atoms with Crippen molar-refractivity contribution in [2.75, 3.05) is 11.4 Å². The molecule has 1 aliphatic rings. The van der Waals surface area contributed by atoms with Crippen LogP contribution in [0.2, 0.25) is 5.02 Å². The summed E-state index contributed by atoms with van der Waals surface area (Å²) in [5.74, 6) is -0.853. The number of benzene rings is 3. The monoisotopic (exact) mass is 539 g/mol. The molecule has 0 radical (unpaired) electrons. The molecule has 0 atom stereocenters. The minimum Gasteiger partial charge on any atom is -0.318 e. The maximum Gasteiger partial charge on any atom is 0.270 e. The maximum absolute atomic E-state index is 13.6. The molecule has 1 aromatic heterocycles. The van der Waals surface area contributed by atoms with E-state index in [1.54, 1.807) is 30.3 Å². The molecule has 4 aromatic rings. The van der Waals surface area contributed by atoms with Crippen LogP contribution in [-0.4, -0.2) is 32.9 Å². The number of rotatable bonds is 5. The number of hydrogen-bond donors (Lipinski definition) is 0. The first-order chi connectivity index (χ1) is 18.3. The van der Waals surface area contributed by atoms with Gasteiger partial charge in [0.05, 0.1) is 5.69 Å². The average molecular weight is 540 g/mol. The Morgan fingerprint density at radius 1 is 0.816 bits per heavy atom. The zero-order valence-electron chi connectivity index (χ0n) is 21.3. The van der Waals surface area contributed by atoms with E-state index in [0.717, 1.165) is 33.8 Å². The Bertz CT molecular complexity index is 1570. The minimum atomic E-state index is -0.455. The second-order valence-corrected chi connectivity index (χ2v) is 9.88. The maximum atomic E-state index is 13.6. The number of carbonyl (C=O) groups excluding carboxylic acids is 2. The van der Waals surface area contributed by atoms with Crippen LogP contribution in [0.3, 0.4) is 0 Å². The van der Waals surface area contributed by atoms with Crippen molar-refractivity contribution in [1.82, 2.24) is 9.47 Å². The number of carbonyl (C=O) groups is 2. The summed E-state index contributed by atoms with van der Waals surface area (Å²) in [6.07, 6.45) is 1.68. The second kappa shape index (κ2) is 10.4. The van der Waals surface area contributed by atoms with Crippen molar-refractivity contribution in [2.24, 2.45) is 0 Å². The Morgan fingerprint density at radius 2 is 1.42 bits per heavy atom. The van der Waals surface area contributed by atoms with Gasteiger partial charge >= 0.3 is 0 Å². The minimum absolute atomic E-state index is 0.0649. The van der Waals surface area contributed by atoms with Gasteiger partial charge in [-0.1, -0.05) is 54.1 Å². The summed E-state index contributed by atoms with van der Waals surface area (Å²) in [4.78, 5) is 29.8. The molecule has 7 heteroatoms. The largest absolute Gasteiger partial charge is 0.318 e. The lowest BCUT2D eigenvalue weighted by molar-refractivity contribution is -0.127. The van der Waals surface area contributed by atoms with Crippen molar-refractivity contribution in [2.45, 2.75) is 20.8 Å². The summed E-state index contributed by atoms with van der Waals surface area (Å²) < 4.78 is 2.12. The topological polar surface area (TPSA) is 45.6 Å². The van der Waals surface area contributed by atoms with Crippen molar-refractivity contribution >= 4 is 52.5 Å². The fraction of sp³-hybridized carbons (Fsp3) is 0.129. The van der Waals surface area contributed by atoms with Crippen LogP contribution in [-0.2, 0) is 9.59 Å². The van der Waals surface area contributed by atoms with E-state index in [1.807, 2.05) is 45.0 Å². The number of amides is 2. The SMILES string of the molecule is CCN1C(=O)/C(=C/c2cc(C)n(-c3ccc(-c4ccccc4)cc3)c2C)C(=O)N(c2ccc(Cl)cc2)C1=S. The molecule has 5 nitrogen and oxygen atoms in total. The zero-order chi connectivity index (χ0) is 27.0. The third kappa shape index (κ3) is 4.57. The van der Waals surface area contributed by atoms with Crippen LogP contribution in [0.5, 0.6) is 0 Å². The number of hydrogen-bond acceptors (Lipinski definition) is 3. The molecule has 2 heterocycles. The van der Waals surface area contributed by atoms with E-state index in [4.69, 9.17) is 23.8 Å². The predicted molar refractivity (Wildman–Crippen MR) is 158 cm³/mol. The van der Waals surface area contributed by atoms with Crippen LogP contribution >= 0.6 is 23.8 Å². The van der Waals surface area contributed by atoms with Gasteiger partial charge in [0.15, 0.2) is 5.11 Å². The fourth-order valence-electron chi connectivity index (χ4n) is 4.79. The van der Waals surface area contributed by atoms with E-state index in [9.17, 15) is 9.59 Å². The highest BCUT2D eigenvalue weighted by Gasteiger charge is 2.39. The highest BCUT2D eigenvalue weighted by molar-refractivity contribution is 7.80. The van der Waals surface area contributed by atoms with E-state index >= 15 is 0 Å². The van der Waals surface area contributed by atoms with Crippen LogP contribution in [0.15, 0.2) is 90.5 Å². The number of thiocarbonyl (C=S) groups is 1. The molecule has 5 rings (SSSR count). The summed E-state index contributed by atoms with van der Waals surface area (Å²) in [5, 5.41) is 0.707. The summed E-state index contributed by atoms with van der Waals surface area (Å²) in [6, 6.07) is 27.4. The smallest absolute Gasteiger partial charge is 0.270 e. The van der Waals surface area contributed by atoms with Gasteiger partial charge in [0.25, 0.3) is 11.8 Å². The molecule has 190 valence electrons. The molecule has 0 saturated carbocycles. The molecule has 1 aliphatic heterocycles. The van der Waals surface area contributed by atoms with E-state index in [1.165, 1.54) is 9.80 Å². The van der Waals surface area contributed by atoms with Gasteiger partial charge in [0.2, 0.25) is 0 Å². The van der Waals surface area contributed by atoms with E-state index in [0.29, 0.717) is 17.3 Å². The third-order valence-electron chi connectivity index (χ3n) is 6.74. The quantitative estimate of drug-likeness (QED) is 0.156. The average Bonchev–Trinajstić information content (AvgIpc) is 3.21. The Morgan fingerprint density at radius 3 is 2.05 bits per heavy atom. The van der Waals surface area contributed by atoms with Gasteiger partial charge in [0.1, 0.15) is 5.57 Å². The Balaban J connectivity index is 1.53. The summed E-state index contributed by atoms with van der Waals surface area (Å²) in [6.45, 7) is 6.18. The molecule has 0 unspecified atom stereocenters. The Hall–Kier alpha value is -4.00. The second-order valence-electron chi connectivity index (χ2n) is 9.08. The van der Waals surface area contributed by atoms with Crippen LogP contribution in [0.1, 0.15) is 23.9 Å². The molecule has 0 bridgehead atoms. The molecule has 0 N–H and O–H groups in total. The molecule has 1 fully saturated rings. The van der Waals surface area contributed by atoms with E-state index < -0.39 is 11.8 Å². The molecular formula is C31H26ClN3O2S. The Kier molecular flexibility index (Phi) is 7.02. The standard InChI is InChI=1S/C31H26ClN3O2S/c1-4-33-29(36)28(30(37)35(31(33)38)27-16-12-25(32)13-17-27)19-24-18-20(2)34(21(24)3)26-14-10-23(11-15-26)22-8-6-5-7-9-22/h5-19H,4H2,1-3H3/b28-19-. The van der Waals surface area contributed by atoms with Gasteiger partial charge < -0.3 is 4.57 Å². The number of aryl methyl sites for hydroxylation is 1. The highest BCUT2D eigenvalue weighted by atomic mass is 35.5. The molecular weight excluding hydrogens is 514 g/mol. The van der Waals surface area contributed by atoms with Crippen LogP contribution in [0.4, 0.5) is 5.69 Å². The Labute approximate surface area is 232 Å². The van der Waals surface area contributed by atoms with Crippen LogP contribution in [0, 0.1) is 13.8 Å². The number of aromatic nitrogens is 1. The summed E-state index contributed by atoms with van der Waals surface area (Å²) >= 11 is 11.6. The molecule has 2 amide bonds. The van der Waals surface area contributed by atoms with E-state index in [-0.39, 0.29) is 10.7 Å². The molecule has 1 saturated heterocycles. The lowest BCUT2D eigenvalue weighted by Gasteiger charge is -2.36. The molecule has 0 spiro atoms. The van der Waals surface area contributed by atoms with Crippen molar-refractivity contribution in [1.29, 1.82) is 0 Å². The fourth-order valence-corrected chi connectivity index (χ4v) is 5.32. The van der Waals surface area contributed by atoms with Gasteiger partial charge in [-0.25, -0.2) is 0 Å². The molecule has 38 heavy (non-hydrogen) atoms. The summed E-state index contributed by atoms with van der Waals surface area (Å²) in [5.41, 5.74) is 6.64. The normalized spacial score (nSPS) is 15.1. The number of likely N-dealkylation sites (N-methyl/N-ethyl adjacent to an activating group) is 1. The number of anilines is 1. The van der Waals surface area contributed by atoms with Crippen molar-refractivity contribution in [3.8, 4) is 16.8 Å².